The van der Waals surface area contributed by atoms with Crippen LogP contribution in [0.1, 0.15) is 35.2 Å². The Morgan fingerprint density at radius 3 is 2.76 bits per heavy atom. The second-order valence-corrected chi connectivity index (χ2v) is 9.32. The Hall–Kier alpha value is -2.84. The number of benzene rings is 1. The van der Waals surface area contributed by atoms with E-state index in [0.29, 0.717) is 10.6 Å². The summed E-state index contributed by atoms with van der Waals surface area (Å²) in [6.07, 6.45) is 5.05. The Kier molecular flexibility index (Phi) is 6.12. The number of carbonyl (C=O) groups is 2. The van der Waals surface area contributed by atoms with Gasteiger partial charge in [-0.25, -0.2) is 4.98 Å². The Balaban J connectivity index is 1.22. The molecule has 2 aromatic rings. The van der Waals surface area contributed by atoms with Crippen LogP contribution in [-0.2, 0) is 11.3 Å². The fraction of sp³-hybridized carbons (Fsp3) is 0.458. The number of anilines is 3. The first kappa shape index (κ1) is 22.0. The first-order valence-corrected chi connectivity index (χ1v) is 12.0. The molecule has 0 spiro atoms. The lowest BCUT2D eigenvalue weighted by molar-refractivity contribution is -0.118. The second-order valence-electron chi connectivity index (χ2n) is 8.92. The zero-order valence-corrected chi connectivity index (χ0v) is 19.6. The van der Waals surface area contributed by atoms with Crippen molar-refractivity contribution in [3.63, 3.8) is 0 Å². The van der Waals surface area contributed by atoms with E-state index in [9.17, 15) is 9.59 Å². The van der Waals surface area contributed by atoms with Gasteiger partial charge >= 0.3 is 0 Å². The smallest absolute Gasteiger partial charge is 0.251 e. The molecule has 2 amide bonds. The number of pyridine rings is 1. The molecule has 1 unspecified atom stereocenters. The van der Waals surface area contributed by atoms with Crippen LogP contribution in [0.25, 0.3) is 0 Å². The first-order valence-electron chi connectivity index (χ1n) is 11.6. The third kappa shape index (κ3) is 4.37. The monoisotopic (exact) mass is 468 g/mol. The second kappa shape index (κ2) is 9.19. The van der Waals surface area contributed by atoms with Crippen LogP contribution in [0.4, 0.5) is 17.2 Å². The van der Waals surface area contributed by atoms with Gasteiger partial charge < -0.3 is 20.4 Å². The van der Waals surface area contributed by atoms with Crippen molar-refractivity contribution < 1.29 is 9.59 Å². The van der Waals surface area contributed by atoms with E-state index < -0.39 is 0 Å². The van der Waals surface area contributed by atoms with E-state index in [1.54, 1.807) is 13.1 Å². The fourth-order valence-electron chi connectivity index (χ4n) is 5.04. The van der Waals surface area contributed by atoms with E-state index in [-0.39, 0.29) is 17.9 Å². The molecule has 2 fully saturated rings. The number of piperazine rings is 1. The van der Waals surface area contributed by atoms with E-state index in [2.05, 4.69) is 31.4 Å². The molecule has 0 radical (unpaired) electrons. The summed E-state index contributed by atoms with van der Waals surface area (Å²) >= 11 is 6.48. The summed E-state index contributed by atoms with van der Waals surface area (Å²) in [6.45, 7) is 5.17. The molecule has 1 atom stereocenters. The number of fused-ring (bicyclic) bond motifs is 3. The van der Waals surface area contributed by atoms with Crippen LogP contribution < -0.4 is 20.4 Å². The molecule has 8 nitrogen and oxygen atoms in total. The van der Waals surface area contributed by atoms with Gasteiger partial charge in [0.05, 0.1) is 16.4 Å². The zero-order chi connectivity index (χ0) is 22.9. The Labute approximate surface area is 198 Å². The van der Waals surface area contributed by atoms with Gasteiger partial charge in [0.2, 0.25) is 5.91 Å². The summed E-state index contributed by atoms with van der Waals surface area (Å²) in [7, 11) is 1.61. The summed E-state index contributed by atoms with van der Waals surface area (Å²) in [5, 5.41) is 6.29. The van der Waals surface area contributed by atoms with Crippen molar-refractivity contribution in [3.8, 4) is 0 Å². The molecule has 0 aliphatic carbocycles. The van der Waals surface area contributed by atoms with Crippen LogP contribution in [-0.4, -0.2) is 67.5 Å². The average molecular weight is 469 g/mol. The number of nitrogens with one attached hydrogen (secondary N) is 2. The predicted octanol–water partition coefficient (Wildman–Crippen LogP) is 2.73. The lowest BCUT2D eigenvalue weighted by Crippen LogP contribution is -2.51. The van der Waals surface area contributed by atoms with Gasteiger partial charge in [0.15, 0.2) is 5.82 Å². The maximum atomic E-state index is 12.5. The largest absolute Gasteiger partial charge is 0.368 e. The topological polar surface area (TPSA) is 80.8 Å². The van der Waals surface area contributed by atoms with Gasteiger partial charge in [0.1, 0.15) is 6.04 Å². The minimum atomic E-state index is -0.140. The molecule has 2 N–H and O–H groups in total. The Morgan fingerprint density at radius 2 is 2.00 bits per heavy atom. The van der Waals surface area contributed by atoms with Crippen LogP contribution in [0.2, 0.25) is 5.02 Å². The minimum Gasteiger partial charge on any atom is -0.368 e. The van der Waals surface area contributed by atoms with Crippen LogP contribution in [0.15, 0.2) is 30.5 Å². The quantitative estimate of drug-likeness (QED) is 0.718. The van der Waals surface area contributed by atoms with Gasteiger partial charge in [-0.3, -0.25) is 14.5 Å². The highest BCUT2D eigenvalue weighted by Gasteiger charge is 2.35. The van der Waals surface area contributed by atoms with Crippen molar-refractivity contribution >= 4 is 40.6 Å². The standard InChI is InChI=1S/C24H29ClN6O2/c1-26-23(32)17-5-6-20(18(25)13-17)30-10-8-29(9-11-30)15-16-12-19-22(27-14-16)31-7-3-2-4-21(31)24(33)28-19/h5-6,12-14,21H,2-4,7-11,15H2,1H3,(H,26,32)(H,28,33). The number of nitrogens with zero attached hydrogens (tertiary/aromatic N) is 4. The highest BCUT2D eigenvalue weighted by molar-refractivity contribution is 6.33. The third-order valence-corrected chi connectivity index (χ3v) is 7.12. The molecule has 1 aromatic heterocycles. The van der Waals surface area contributed by atoms with Crippen molar-refractivity contribution in [2.45, 2.75) is 31.8 Å². The summed E-state index contributed by atoms with van der Waals surface area (Å²) in [6, 6.07) is 7.46. The number of hydrogen-bond donors (Lipinski definition) is 2. The summed E-state index contributed by atoms with van der Waals surface area (Å²) in [5.74, 6) is 0.857. The molecule has 33 heavy (non-hydrogen) atoms. The molecule has 4 heterocycles. The van der Waals surface area contributed by atoms with Crippen molar-refractivity contribution in [2.24, 2.45) is 0 Å². The molecular formula is C24H29ClN6O2. The number of amides is 2. The molecule has 5 rings (SSSR count). The van der Waals surface area contributed by atoms with E-state index in [1.807, 2.05) is 18.3 Å². The van der Waals surface area contributed by atoms with E-state index in [1.165, 1.54) is 0 Å². The molecule has 3 aliphatic heterocycles. The summed E-state index contributed by atoms with van der Waals surface area (Å²) in [5.41, 5.74) is 3.45. The molecule has 1 aromatic carbocycles. The van der Waals surface area contributed by atoms with Crippen LogP contribution in [0.3, 0.4) is 0 Å². The predicted molar refractivity (Wildman–Crippen MR) is 130 cm³/mol. The van der Waals surface area contributed by atoms with Gasteiger partial charge in [-0.2, -0.15) is 0 Å². The third-order valence-electron chi connectivity index (χ3n) is 6.81. The SMILES string of the molecule is CNC(=O)c1ccc(N2CCN(Cc3cnc4c(c3)NC(=O)C3CCCCN43)CC2)c(Cl)c1. The average Bonchev–Trinajstić information content (AvgIpc) is 2.84. The number of halogens is 1. The highest BCUT2D eigenvalue weighted by atomic mass is 35.5. The summed E-state index contributed by atoms with van der Waals surface area (Å²) in [4.78, 5) is 35.9. The van der Waals surface area contributed by atoms with Gasteiger partial charge in [0, 0.05) is 58.1 Å². The van der Waals surface area contributed by atoms with Crippen molar-refractivity contribution in [2.75, 3.05) is 54.9 Å². The van der Waals surface area contributed by atoms with Gasteiger partial charge in [-0.1, -0.05) is 11.6 Å². The lowest BCUT2D eigenvalue weighted by Gasteiger charge is -2.40. The van der Waals surface area contributed by atoms with E-state index in [4.69, 9.17) is 16.6 Å². The van der Waals surface area contributed by atoms with Crippen molar-refractivity contribution in [3.05, 3.63) is 46.6 Å². The number of hydrogen-bond acceptors (Lipinski definition) is 6. The number of carbonyl (C=O) groups excluding carboxylic acids is 2. The van der Waals surface area contributed by atoms with E-state index in [0.717, 1.165) is 81.3 Å². The molecule has 0 bridgehead atoms. The molecular weight excluding hydrogens is 440 g/mol. The molecule has 3 aliphatic rings. The summed E-state index contributed by atoms with van der Waals surface area (Å²) < 4.78 is 0. The van der Waals surface area contributed by atoms with Crippen molar-refractivity contribution in [1.82, 2.24) is 15.2 Å². The van der Waals surface area contributed by atoms with Crippen LogP contribution in [0, 0.1) is 0 Å². The number of rotatable bonds is 4. The normalized spacial score (nSPS) is 20.7. The Bertz CT molecular complexity index is 1070. The highest BCUT2D eigenvalue weighted by Crippen LogP contribution is 2.35. The van der Waals surface area contributed by atoms with Crippen LogP contribution in [0.5, 0.6) is 0 Å². The molecule has 9 heteroatoms. The van der Waals surface area contributed by atoms with Gasteiger partial charge in [-0.15, -0.1) is 0 Å². The van der Waals surface area contributed by atoms with Gasteiger partial charge in [-0.05, 0) is 49.1 Å². The Morgan fingerprint density at radius 1 is 1.18 bits per heavy atom. The number of piperidine rings is 1. The molecule has 0 saturated carbocycles. The molecule has 174 valence electrons. The number of aromatic nitrogens is 1. The first-order chi connectivity index (χ1) is 16.0. The maximum Gasteiger partial charge on any atom is 0.251 e. The van der Waals surface area contributed by atoms with E-state index >= 15 is 0 Å². The maximum absolute atomic E-state index is 12.5. The lowest BCUT2D eigenvalue weighted by atomic mass is 9.99. The molecule has 2 saturated heterocycles. The fourth-order valence-corrected chi connectivity index (χ4v) is 5.34. The minimum absolute atomic E-state index is 0.0741. The van der Waals surface area contributed by atoms with Gasteiger partial charge in [0.25, 0.3) is 5.91 Å². The van der Waals surface area contributed by atoms with Crippen LogP contribution >= 0.6 is 11.6 Å². The zero-order valence-electron chi connectivity index (χ0n) is 18.8. The van der Waals surface area contributed by atoms with Crippen molar-refractivity contribution in [1.29, 1.82) is 0 Å².